The lowest BCUT2D eigenvalue weighted by Crippen LogP contribution is -2.01. The highest BCUT2D eigenvalue weighted by Gasteiger charge is 2.23. The molecule has 13 aromatic rings. The Hall–Kier alpha value is -8.35. The number of furan rings is 1. The first-order valence-corrected chi connectivity index (χ1v) is 20.5. The van der Waals surface area contributed by atoms with Crippen LogP contribution in [0.3, 0.4) is 0 Å². The number of hydrogen-bond acceptors (Lipinski definition) is 4. The van der Waals surface area contributed by atoms with Crippen molar-refractivity contribution in [3.63, 3.8) is 0 Å². The third-order valence-electron chi connectivity index (χ3n) is 12.1. The number of hydrogen-bond donors (Lipinski definition) is 0. The van der Waals surface area contributed by atoms with Gasteiger partial charge in [0, 0.05) is 55.0 Å². The van der Waals surface area contributed by atoms with Crippen LogP contribution >= 0.6 is 0 Å². The molecule has 0 fully saturated rings. The van der Waals surface area contributed by atoms with Crippen molar-refractivity contribution in [3.8, 4) is 45.5 Å². The molecule has 6 nitrogen and oxygen atoms in total. The average molecular weight is 780 g/mol. The lowest BCUT2D eigenvalue weighted by molar-refractivity contribution is 0.673. The van der Waals surface area contributed by atoms with Crippen LogP contribution in [0.15, 0.2) is 205 Å². The van der Waals surface area contributed by atoms with E-state index in [0.29, 0.717) is 17.5 Å². The highest BCUT2D eigenvalue weighted by atomic mass is 16.3. The predicted octanol–water partition coefficient (Wildman–Crippen LogP) is 14.1. The second kappa shape index (κ2) is 13.1. The summed E-state index contributed by atoms with van der Waals surface area (Å²) < 4.78 is 11.6. The molecule has 0 unspecified atom stereocenters. The van der Waals surface area contributed by atoms with E-state index >= 15 is 0 Å². The molecule has 0 atom stereocenters. The molecular weight excluding hydrogens is 747 g/mol. The third-order valence-corrected chi connectivity index (χ3v) is 12.1. The Morgan fingerprint density at radius 2 is 0.869 bits per heavy atom. The average Bonchev–Trinajstić information content (AvgIpc) is 3.99. The van der Waals surface area contributed by atoms with E-state index in [1.807, 2.05) is 66.7 Å². The zero-order valence-corrected chi connectivity index (χ0v) is 32.7. The summed E-state index contributed by atoms with van der Waals surface area (Å²) in [6, 6.07) is 70.2. The first-order chi connectivity index (χ1) is 30.2. The molecule has 284 valence electrons. The highest BCUT2D eigenvalue weighted by molar-refractivity contribution is 6.29. The van der Waals surface area contributed by atoms with Crippen molar-refractivity contribution < 1.29 is 4.42 Å². The van der Waals surface area contributed by atoms with Crippen LogP contribution in [-0.4, -0.2) is 24.1 Å². The molecule has 0 saturated carbocycles. The predicted molar refractivity (Wildman–Crippen MR) is 250 cm³/mol. The Labute approximate surface area is 349 Å². The van der Waals surface area contributed by atoms with E-state index in [1.54, 1.807) is 0 Å². The fraction of sp³-hybridized carbons (Fsp3) is 0. The minimum absolute atomic E-state index is 0.605. The summed E-state index contributed by atoms with van der Waals surface area (Å²) >= 11 is 0. The maximum absolute atomic E-state index is 6.83. The second-order valence-electron chi connectivity index (χ2n) is 15.6. The lowest BCUT2D eigenvalue weighted by atomic mass is 10.0. The first kappa shape index (κ1) is 33.6. The molecule has 0 aliphatic rings. The molecule has 4 heterocycles. The summed E-state index contributed by atoms with van der Waals surface area (Å²) in [6.07, 6.45) is 0. The van der Waals surface area contributed by atoms with Gasteiger partial charge in [0.25, 0.3) is 0 Å². The number of aromatic nitrogens is 5. The van der Waals surface area contributed by atoms with Crippen molar-refractivity contribution in [3.05, 3.63) is 200 Å². The van der Waals surface area contributed by atoms with E-state index in [-0.39, 0.29) is 0 Å². The Balaban J connectivity index is 1.13. The van der Waals surface area contributed by atoms with Gasteiger partial charge in [0.05, 0.1) is 27.5 Å². The monoisotopic (exact) mass is 779 g/mol. The van der Waals surface area contributed by atoms with E-state index in [1.165, 1.54) is 21.5 Å². The van der Waals surface area contributed by atoms with Gasteiger partial charge in [0.1, 0.15) is 11.2 Å². The van der Waals surface area contributed by atoms with Crippen LogP contribution in [0.5, 0.6) is 0 Å². The molecule has 0 N–H and O–H groups in total. The van der Waals surface area contributed by atoms with Gasteiger partial charge in [-0.2, -0.15) is 0 Å². The molecule has 0 aliphatic heterocycles. The largest absolute Gasteiger partial charge is 0.455 e. The number of para-hydroxylation sites is 2. The summed E-state index contributed by atoms with van der Waals surface area (Å²) in [4.78, 5) is 15.2. The van der Waals surface area contributed by atoms with Crippen molar-refractivity contribution in [2.75, 3.05) is 0 Å². The fourth-order valence-corrected chi connectivity index (χ4v) is 9.42. The zero-order chi connectivity index (χ0) is 40.0. The van der Waals surface area contributed by atoms with E-state index in [2.05, 4.69) is 143 Å². The molecule has 6 heteroatoms. The van der Waals surface area contributed by atoms with Crippen molar-refractivity contribution in [1.29, 1.82) is 0 Å². The van der Waals surface area contributed by atoms with Crippen LogP contribution in [0.25, 0.3) is 122 Å². The van der Waals surface area contributed by atoms with E-state index in [9.17, 15) is 0 Å². The lowest BCUT2D eigenvalue weighted by Gasteiger charge is -2.12. The van der Waals surface area contributed by atoms with Crippen LogP contribution in [0.4, 0.5) is 0 Å². The molecule has 0 radical (unpaired) electrons. The van der Waals surface area contributed by atoms with E-state index in [4.69, 9.17) is 19.4 Å². The van der Waals surface area contributed by atoms with Crippen LogP contribution in [0, 0.1) is 0 Å². The maximum Gasteiger partial charge on any atom is 0.164 e. The highest BCUT2D eigenvalue weighted by Crippen LogP contribution is 2.45. The van der Waals surface area contributed by atoms with Gasteiger partial charge in [-0.05, 0) is 71.4 Å². The van der Waals surface area contributed by atoms with E-state index < -0.39 is 0 Å². The van der Waals surface area contributed by atoms with Crippen molar-refractivity contribution >= 4 is 76.3 Å². The second-order valence-corrected chi connectivity index (χ2v) is 15.6. The Morgan fingerprint density at radius 1 is 0.328 bits per heavy atom. The van der Waals surface area contributed by atoms with Crippen LogP contribution in [0.1, 0.15) is 0 Å². The van der Waals surface area contributed by atoms with Gasteiger partial charge in [0.2, 0.25) is 0 Å². The van der Waals surface area contributed by atoms with Crippen LogP contribution < -0.4 is 0 Å². The summed E-state index contributed by atoms with van der Waals surface area (Å²) in [5.74, 6) is 1.86. The van der Waals surface area contributed by atoms with Gasteiger partial charge >= 0.3 is 0 Å². The van der Waals surface area contributed by atoms with Gasteiger partial charge < -0.3 is 13.6 Å². The molecule has 9 aromatic carbocycles. The molecule has 4 aromatic heterocycles. The smallest absolute Gasteiger partial charge is 0.164 e. The maximum atomic E-state index is 6.83. The van der Waals surface area contributed by atoms with Crippen LogP contribution in [0.2, 0.25) is 0 Å². The number of fused-ring (bicyclic) bond motifs is 12. The normalized spacial score (nSPS) is 11.9. The Bertz CT molecular complexity index is 3810. The Kier molecular flexibility index (Phi) is 7.21. The molecule has 61 heavy (non-hydrogen) atoms. The number of rotatable bonds is 5. The zero-order valence-electron chi connectivity index (χ0n) is 32.7. The minimum Gasteiger partial charge on any atom is -0.455 e. The third kappa shape index (κ3) is 5.12. The molecule has 0 bridgehead atoms. The molecule has 0 spiro atoms. The quantitative estimate of drug-likeness (QED) is 0.175. The molecule has 0 saturated heterocycles. The summed E-state index contributed by atoms with van der Waals surface area (Å²) in [7, 11) is 0. The van der Waals surface area contributed by atoms with Crippen molar-refractivity contribution in [1.82, 2.24) is 24.1 Å². The van der Waals surface area contributed by atoms with Gasteiger partial charge in [-0.15, -0.1) is 0 Å². The summed E-state index contributed by atoms with van der Waals surface area (Å²) in [5, 5.41) is 9.27. The first-order valence-electron chi connectivity index (χ1n) is 20.5. The van der Waals surface area contributed by atoms with E-state index in [0.717, 1.165) is 82.8 Å². The SMILES string of the molecule is c1ccc(-c2nc(-c3ccccc3)nc(-c3cccc(-n4c5cc6c(cc5c5c7oc8ccccc8c7ccc54)c4c5ccccc5ccc4n6-c4ccccc4)c3)n2)cc1. The minimum atomic E-state index is 0.605. The van der Waals surface area contributed by atoms with Crippen molar-refractivity contribution in [2.45, 2.75) is 0 Å². The fourth-order valence-electron chi connectivity index (χ4n) is 9.42. The topological polar surface area (TPSA) is 61.7 Å². The van der Waals surface area contributed by atoms with Gasteiger partial charge in [-0.3, -0.25) is 0 Å². The summed E-state index contributed by atoms with van der Waals surface area (Å²) in [6.45, 7) is 0. The molecule has 0 aliphatic carbocycles. The van der Waals surface area contributed by atoms with Gasteiger partial charge in [0.15, 0.2) is 17.5 Å². The number of benzene rings is 9. The van der Waals surface area contributed by atoms with Gasteiger partial charge in [-0.1, -0.05) is 140 Å². The molecule has 0 amide bonds. The standard InChI is InChI=1S/C55H33N5O/c1-4-16-35(17-5-1)53-56-54(36-18-6-2-7-19-36)58-55(57-53)37-20-14-23-39(31-37)60-46-30-28-42-41-25-12-13-26-49(41)61-52(42)51(46)44-32-43-47(33-48(44)60)59(38-21-8-3-9-22-38)45-29-27-34-15-10-11-24-40(34)50(43)45/h1-33H. The van der Waals surface area contributed by atoms with Crippen LogP contribution in [-0.2, 0) is 0 Å². The Morgan fingerprint density at radius 3 is 1.61 bits per heavy atom. The molecular formula is C55H33N5O. The van der Waals surface area contributed by atoms with Gasteiger partial charge in [-0.25, -0.2) is 15.0 Å². The summed E-state index contributed by atoms with van der Waals surface area (Å²) in [5.41, 5.74) is 11.0. The van der Waals surface area contributed by atoms with Crippen molar-refractivity contribution in [2.24, 2.45) is 0 Å². The molecule has 13 rings (SSSR count). The number of nitrogens with zero attached hydrogens (tertiary/aromatic N) is 5.